The third-order valence-corrected chi connectivity index (χ3v) is 1.72. The minimum atomic E-state index is -1.04. The second-order valence-electron chi connectivity index (χ2n) is 2.99. The molecule has 5 heteroatoms. The van der Waals surface area contributed by atoms with Crippen molar-refractivity contribution >= 4 is 12.1 Å². The lowest BCUT2D eigenvalue weighted by atomic mass is 10.2. The minimum absolute atomic E-state index is 0.196. The van der Waals surface area contributed by atoms with Gasteiger partial charge in [0.1, 0.15) is 6.04 Å². The fraction of sp³-hybridized carbons (Fsp3) is 0.750. The molecular formula is C8H15NO4. The van der Waals surface area contributed by atoms with E-state index in [9.17, 15) is 9.59 Å². The maximum Gasteiger partial charge on any atom is 0.410 e. The first-order valence-corrected chi connectivity index (χ1v) is 4.00. The molecule has 1 amide bonds. The van der Waals surface area contributed by atoms with Gasteiger partial charge in [0.05, 0.1) is 7.11 Å². The molecule has 0 aliphatic heterocycles. The monoisotopic (exact) mass is 189 g/mol. The zero-order valence-corrected chi connectivity index (χ0v) is 8.27. The van der Waals surface area contributed by atoms with Gasteiger partial charge in [-0.15, -0.1) is 0 Å². The number of aliphatic carboxylic acids is 1. The van der Waals surface area contributed by atoms with Gasteiger partial charge in [-0.2, -0.15) is 0 Å². The predicted molar refractivity (Wildman–Crippen MR) is 46.5 cm³/mol. The summed E-state index contributed by atoms with van der Waals surface area (Å²) in [5.74, 6) is -1.04. The highest BCUT2D eigenvalue weighted by atomic mass is 16.5. The SMILES string of the molecule is COC(=O)N(C(C)C)C(C)C(=O)O. The highest BCUT2D eigenvalue weighted by molar-refractivity contribution is 5.79. The number of nitrogens with zero attached hydrogens (tertiary/aromatic N) is 1. The van der Waals surface area contributed by atoms with Crippen LogP contribution in [0.3, 0.4) is 0 Å². The largest absolute Gasteiger partial charge is 0.480 e. The topological polar surface area (TPSA) is 66.8 Å². The van der Waals surface area contributed by atoms with E-state index in [2.05, 4.69) is 4.74 Å². The molecule has 1 atom stereocenters. The quantitative estimate of drug-likeness (QED) is 0.717. The third-order valence-electron chi connectivity index (χ3n) is 1.72. The standard InChI is InChI=1S/C8H15NO4/c1-5(2)9(8(12)13-4)6(3)7(10)11/h5-6H,1-4H3,(H,10,11). The van der Waals surface area contributed by atoms with E-state index in [4.69, 9.17) is 5.11 Å². The Balaban J connectivity index is 4.60. The molecule has 0 aromatic heterocycles. The van der Waals surface area contributed by atoms with E-state index in [1.807, 2.05) is 0 Å². The van der Waals surface area contributed by atoms with Gasteiger partial charge in [0.15, 0.2) is 0 Å². The van der Waals surface area contributed by atoms with Crippen molar-refractivity contribution in [2.24, 2.45) is 0 Å². The zero-order valence-electron chi connectivity index (χ0n) is 8.27. The predicted octanol–water partition coefficient (Wildman–Crippen LogP) is 0.936. The Labute approximate surface area is 77.3 Å². The van der Waals surface area contributed by atoms with Crippen LogP contribution in [0.1, 0.15) is 20.8 Å². The van der Waals surface area contributed by atoms with E-state index in [-0.39, 0.29) is 6.04 Å². The average Bonchev–Trinajstić information content (AvgIpc) is 2.03. The maximum atomic E-state index is 11.1. The summed E-state index contributed by atoms with van der Waals surface area (Å²) in [7, 11) is 1.23. The van der Waals surface area contributed by atoms with Gasteiger partial charge >= 0.3 is 12.1 Å². The lowest BCUT2D eigenvalue weighted by Gasteiger charge is -2.28. The van der Waals surface area contributed by atoms with Crippen LogP contribution < -0.4 is 0 Å². The van der Waals surface area contributed by atoms with E-state index in [0.717, 1.165) is 0 Å². The number of amides is 1. The second-order valence-corrected chi connectivity index (χ2v) is 2.99. The van der Waals surface area contributed by atoms with Gasteiger partial charge in [0, 0.05) is 6.04 Å². The zero-order chi connectivity index (χ0) is 10.6. The molecule has 1 unspecified atom stereocenters. The van der Waals surface area contributed by atoms with Crippen molar-refractivity contribution in [1.29, 1.82) is 0 Å². The first-order valence-electron chi connectivity index (χ1n) is 4.00. The summed E-state index contributed by atoms with van der Waals surface area (Å²) < 4.78 is 4.47. The van der Waals surface area contributed by atoms with E-state index in [0.29, 0.717) is 0 Å². The number of carboxylic acids is 1. The number of rotatable bonds is 3. The van der Waals surface area contributed by atoms with E-state index in [1.54, 1.807) is 13.8 Å². The molecule has 1 N–H and O–H groups in total. The van der Waals surface area contributed by atoms with Crippen LogP contribution in [0.25, 0.3) is 0 Å². The van der Waals surface area contributed by atoms with Gasteiger partial charge in [0.2, 0.25) is 0 Å². The molecule has 0 rings (SSSR count). The number of hydrogen-bond donors (Lipinski definition) is 1. The van der Waals surface area contributed by atoms with Crippen LogP contribution in [0, 0.1) is 0 Å². The fourth-order valence-electron chi connectivity index (χ4n) is 1.04. The van der Waals surface area contributed by atoms with Crippen LogP contribution in [-0.2, 0) is 9.53 Å². The molecule has 0 aliphatic rings. The number of methoxy groups -OCH3 is 1. The number of ether oxygens (including phenoxy) is 1. The molecule has 0 aromatic rings. The van der Waals surface area contributed by atoms with E-state index < -0.39 is 18.1 Å². The first kappa shape index (κ1) is 11.7. The van der Waals surface area contributed by atoms with Gasteiger partial charge in [-0.05, 0) is 20.8 Å². The molecule has 0 bridgehead atoms. The number of carboxylic acid groups (broad SMARTS) is 1. The van der Waals surface area contributed by atoms with Crippen molar-refractivity contribution in [3.8, 4) is 0 Å². The van der Waals surface area contributed by atoms with Crippen molar-refractivity contribution in [2.75, 3.05) is 7.11 Å². The first-order chi connectivity index (χ1) is 5.91. The van der Waals surface area contributed by atoms with Crippen molar-refractivity contribution in [1.82, 2.24) is 4.90 Å². The maximum absolute atomic E-state index is 11.1. The lowest BCUT2D eigenvalue weighted by molar-refractivity contribution is -0.142. The summed E-state index contributed by atoms with van der Waals surface area (Å²) in [6, 6.07) is -1.06. The Morgan fingerprint density at radius 3 is 2.00 bits per heavy atom. The van der Waals surface area contributed by atoms with E-state index >= 15 is 0 Å². The molecule has 0 spiro atoms. The molecule has 76 valence electrons. The summed E-state index contributed by atoms with van der Waals surface area (Å²) in [5.41, 5.74) is 0. The van der Waals surface area contributed by atoms with Crippen molar-refractivity contribution in [3.63, 3.8) is 0 Å². The molecule has 0 saturated heterocycles. The summed E-state index contributed by atoms with van der Waals surface area (Å²) in [5, 5.41) is 8.70. The molecular weight excluding hydrogens is 174 g/mol. The Hall–Kier alpha value is -1.26. The average molecular weight is 189 g/mol. The molecule has 0 heterocycles. The molecule has 0 aliphatic carbocycles. The Morgan fingerprint density at radius 1 is 1.31 bits per heavy atom. The molecule has 0 fully saturated rings. The van der Waals surface area contributed by atoms with Gasteiger partial charge in [0.25, 0.3) is 0 Å². The Morgan fingerprint density at radius 2 is 1.77 bits per heavy atom. The van der Waals surface area contributed by atoms with Gasteiger partial charge in [-0.1, -0.05) is 0 Å². The van der Waals surface area contributed by atoms with Crippen LogP contribution >= 0.6 is 0 Å². The Bertz CT molecular complexity index is 202. The van der Waals surface area contributed by atoms with Gasteiger partial charge in [-0.25, -0.2) is 9.59 Å². The van der Waals surface area contributed by atoms with Crippen LogP contribution in [0.4, 0.5) is 4.79 Å². The molecule has 0 saturated carbocycles. The number of hydrogen-bond acceptors (Lipinski definition) is 3. The second kappa shape index (κ2) is 4.69. The number of carbonyl (C=O) groups excluding carboxylic acids is 1. The molecule has 0 radical (unpaired) electrons. The van der Waals surface area contributed by atoms with E-state index in [1.165, 1.54) is 18.9 Å². The minimum Gasteiger partial charge on any atom is -0.480 e. The van der Waals surface area contributed by atoms with Crippen molar-refractivity contribution in [3.05, 3.63) is 0 Å². The van der Waals surface area contributed by atoms with Crippen LogP contribution in [0.15, 0.2) is 0 Å². The van der Waals surface area contributed by atoms with Crippen LogP contribution in [0.5, 0.6) is 0 Å². The van der Waals surface area contributed by atoms with Crippen molar-refractivity contribution in [2.45, 2.75) is 32.9 Å². The van der Waals surface area contributed by atoms with Crippen LogP contribution in [-0.4, -0.2) is 41.3 Å². The molecule has 5 nitrogen and oxygen atoms in total. The summed E-state index contributed by atoms with van der Waals surface area (Å²) in [6.45, 7) is 4.91. The number of carbonyl (C=O) groups is 2. The highest BCUT2D eigenvalue weighted by Gasteiger charge is 2.28. The van der Waals surface area contributed by atoms with Gasteiger partial charge in [-0.3, -0.25) is 4.90 Å². The van der Waals surface area contributed by atoms with Gasteiger partial charge < -0.3 is 9.84 Å². The van der Waals surface area contributed by atoms with Crippen LogP contribution in [0.2, 0.25) is 0 Å². The highest BCUT2D eigenvalue weighted by Crippen LogP contribution is 2.07. The van der Waals surface area contributed by atoms with Crippen molar-refractivity contribution < 1.29 is 19.4 Å². The lowest BCUT2D eigenvalue weighted by Crippen LogP contribution is -2.47. The normalized spacial score (nSPS) is 12.4. The Kier molecular flexibility index (Phi) is 4.23. The fourth-order valence-corrected chi connectivity index (χ4v) is 1.04. The summed E-state index contributed by atoms with van der Waals surface area (Å²) in [6.07, 6.45) is -0.620. The summed E-state index contributed by atoms with van der Waals surface area (Å²) >= 11 is 0. The summed E-state index contributed by atoms with van der Waals surface area (Å²) in [4.78, 5) is 22.9. The smallest absolute Gasteiger partial charge is 0.410 e. The third kappa shape index (κ3) is 2.93. The molecule has 13 heavy (non-hydrogen) atoms. The molecule has 0 aromatic carbocycles.